The molecule has 84 valence electrons. The Morgan fingerprint density at radius 1 is 1.56 bits per heavy atom. The highest BCUT2D eigenvalue weighted by Gasteiger charge is 2.05. The van der Waals surface area contributed by atoms with Gasteiger partial charge >= 0.3 is 6.03 Å². The quantitative estimate of drug-likeness (QED) is 0.829. The summed E-state index contributed by atoms with van der Waals surface area (Å²) in [5.41, 5.74) is 0. The Kier molecular flexibility index (Phi) is 2.90. The van der Waals surface area contributed by atoms with Crippen molar-refractivity contribution in [3.8, 4) is 0 Å². The summed E-state index contributed by atoms with van der Waals surface area (Å²) in [6.45, 7) is 2.08. The van der Waals surface area contributed by atoms with Crippen LogP contribution in [-0.2, 0) is 6.54 Å². The van der Waals surface area contributed by atoms with Crippen LogP contribution in [0.5, 0.6) is 0 Å². The van der Waals surface area contributed by atoms with Gasteiger partial charge in [-0.1, -0.05) is 5.16 Å². The molecule has 6 nitrogen and oxygen atoms in total. The summed E-state index contributed by atoms with van der Waals surface area (Å²) in [5.74, 6) is 1.71. The molecule has 0 spiro atoms. The Bertz CT molecular complexity index is 461. The van der Waals surface area contributed by atoms with Crippen LogP contribution in [0.4, 0.5) is 10.6 Å². The number of carbonyl (C=O) groups is 1. The van der Waals surface area contributed by atoms with Gasteiger partial charge < -0.3 is 14.3 Å². The van der Waals surface area contributed by atoms with E-state index in [-0.39, 0.29) is 6.03 Å². The molecule has 2 amide bonds. The summed E-state index contributed by atoms with van der Waals surface area (Å²) in [5, 5.41) is 8.78. The van der Waals surface area contributed by atoms with Crippen LogP contribution in [0.25, 0.3) is 0 Å². The highest BCUT2D eigenvalue weighted by atomic mass is 16.5. The molecule has 0 radical (unpaired) electrons. The summed E-state index contributed by atoms with van der Waals surface area (Å²) in [6, 6.07) is 4.81. The van der Waals surface area contributed by atoms with Crippen molar-refractivity contribution in [3.05, 3.63) is 36.0 Å². The molecular weight excluding hydrogens is 210 g/mol. The zero-order valence-electron chi connectivity index (χ0n) is 8.69. The molecule has 0 fully saturated rings. The number of carbonyl (C=O) groups excluding carboxylic acids is 1. The molecule has 0 unspecified atom stereocenters. The second-order valence-electron chi connectivity index (χ2n) is 3.21. The van der Waals surface area contributed by atoms with Gasteiger partial charge in [0.25, 0.3) is 0 Å². The Morgan fingerprint density at radius 2 is 2.44 bits per heavy atom. The van der Waals surface area contributed by atoms with Crippen LogP contribution in [0.1, 0.15) is 11.5 Å². The van der Waals surface area contributed by atoms with Crippen molar-refractivity contribution < 1.29 is 13.7 Å². The Hall–Kier alpha value is -2.24. The number of hydrogen-bond acceptors (Lipinski definition) is 4. The van der Waals surface area contributed by atoms with Crippen LogP contribution < -0.4 is 10.6 Å². The maximum absolute atomic E-state index is 11.4. The van der Waals surface area contributed by atoms with Gasteiger partial charge in [-0.2, -0.15) is 0 Å². The number of nitrogens with one attached hydrogen (secondary N) is 2. The fraction of sp³-hybridized carbons (Fsp3) is 0.200. The lowest BCUT2D eigenvalue weighted by Gasteiger charge is -2.02. The van der Waals surface area contributed by atoms with Crippen molar-refractivity contribution in [3.63, 3.8) is 0 Å². The second kappa shape index (κ2) is 4.52. The van der Waals surface area contributed by atoms with Gasteiger partial charge in [0.1, 0.15) is 11.5 Å². The molecule has 16 heavy (non-hydrogen) atoms. The standard InChI is InChI=1S/C10H11N3O3/c1-7-5-9(13-16-7)12-10(14)11-6-8-3-2-4-15-8/h2-5H,6H2,1H3,(H2,11,12,13,14). The van der Waals surface area contributed by atoms with E-state index in [0.29, 0.717) is 23.9 Å². The summed E-state index contributed by atoms with van der Waals surface area (Å²) < 4.78 is 9.87. The van der Waals surface area contributed by atoms with Crippen molar-refractivity contribution in [2.75, 3.05) is 5.32 Å². The van der Waals surface area contributed by atoms with E-state index in [1.807, 2.05) is 0 Å². The molecule has 0 aliphatic heterocycles. The van der Waals surface area contributed by atoms with Gasteiger partial charge in [0.15, 0.2) is 5.82 Å². The van der Waals surface area contributed by atoms with Crippen LogP contribution >= 0.6 is 0 Å². The average Bonchev–Trinajstić information content (AvgIpc) is 2.87. The number of amides is 2. The van der Waals surface area contributed by atoms with E-state index in [0.717, 1.165) is 0 Å². The normalized spacial score (nSPS) is 10.1. The van der Waals surface area contributed by atoms with Crippen LogP contribution in [-0.4, -0.2) is 11.2 Å². The minimum atomic E-state index is -0.357. The van der Waals surface area contributed by atoms with Crippen molar-refractivity contribution in [2.24, 2.45) is 0 Å². The molecule has 0 aliphatic carbocycles. The molecule has 0 saturated heterocycles. The first-order valence-electron chi connectivity index (χ1n) is 4.74. The van der Waals surface area contributed by atoms with E-state index in [1.54, 1.807) is 31.4 Å². The summed E-state index contributed by atoms with van der Waals surface area (Å²) in [7, 11) is 0. The zero-order chi connectivity index (χ0) is 11.4. The molecule has 0 aromatic carbocycles. The first-order valence-corrected chi connectivity index (χ1v) is 4.74. The minimum absolute atomic E-state index is 0.329. The van der Waals surface area contributed by atoms with E-state index in [1.165, 1.54) is 0 Å². The third kappa shape index (κ3) is 2.63. The zero-order valence-corrected chi connectivity index (χ0v) is 8.69. The van der Waals surface area contributed by atoms with Gasteiger partial charge in [-0.15, -0.1) is 0 Å². The lowest BCUT2D eigenvalue weighted by molar-refractivity contribution is 0.250. The predicted molar refractivity (Wildman–Crippen MR) is 55.8 cm³/mol. The Labute approximate surface area is 91.6 Å². The molecule has 0 bridgehead atoms. The number of furan rings is 1. The smallest absolute Gasteiger partial charge is 0.320 e. The molecule has 2 heterocycles. The molecule has 0 aliphatic rings. The third-order valence-corrected chi connectivity index (χ3v) is 1.87. The minimum Gasteiger partial charge on any atom is -0.467 e. The summed E-state index contributed by atoms with van der Waals surface area (Å²) in [6.07, 6.45) is 1.55. The Balaban J connectivity index is 1.81. The number of aryl methyl sites for hydroxylation is 1. The van der Waals surface area contributed by atoms with Gasteiger partial charge in [-0.25, -0.2) is 4.79 Å². The first-order chi connectivity index (χ1) is 7.74. The summed E-state index contributed by atoms with van der Waals surface area (Å²) >= 11 is 0. The van der Waals surface area contributed by atoms with Gasteiger partial charge in [0.05, 0.1) is 12.8 Å². The molecular formula is C10H11N3O3. The highest BCUT2D eigenvalue weighted by Crippen LogP contribution is 2.06. The number of hydrogen-bond donors (Lipinski definition) is 2. The maximum atomic E-state index is 11.4. The van der Waals surface area contributed by atoms with E-state index >= 15 is 0 Å². The first kappa shape index (κ1) is 10.3. The molecule has 2 N–H and O–H groups in total. The molecule has 2 aromatic heterocycles. The number of urea groups is 1. The molecule has 2 rings (SSSR count). The van der Waals surface area contributed by atoms with Crippen LogP contribution in [0, 0.1) is 6.92 Å². The van der Waals surface area contributed by atoms with Crippen LogP contribution in [0.15, 0.2) is 33.4 Å². The fourth-order valence-corrected chi connectivity index (χ4v) is 1.17. The number of aromatic nitrogens is 1. The molecule has 2 aromatic rings. The SMILES string of the molecule is Cc1cc(NC(=O)NCc2ccco2)no1. The van der Waals surface area contributed by atoms with Gasteiger partial charge in [-0.3, -0.25) is 5.32 Å². The number of nitrogens with zero attached hydrogens (tertiary/aromatic N) is 1. The van der Waals surface area contributed by atoms with Crippen LogP contribution in [0.3, 0.4) is 0 Å². The number of rotatable bonds is 3. The third-order valence-electron chi connectivity index (χ3n) is 1.87. The van der Waals surface area contributed by atoms with Crippen LogP contribution in [0.2, 0.25) is 0 Å². The highest BCUT2D eigenvalue weighted by molar-refractivity contribution is 5.87. The van der Waals surface area contributed by atoms with Gasteiger partial charge in [0.2, 0.25) is 0 Å². The maximum Gasteiger partial charge on any atom is 0.320 e. The van der Waals surface area contributed by atoms with E-state index in [2.05, 4.69) is 15.8 Å². The molecule has 0 atom stereocenters. The monoisotopic (exact) mass is 221 g/mol. The lowest BCUT2D eigenvalue weighted by Crippen LogP contribution is -2.28. The largest absolute Gasteiger partial charge is 0.467 e. The number of anilines is 1. The van der Waals surface area contributed by atoms with E-state index < -0.39 is 0 Å². The molecule has 0 saturated carbocycles. The topological polar surface area (TPSA) is 80.3 Å². The Morgan fingerprint density at radius 3 is 3.06 bits per heavy atom. The summed E-state index contributed by atoms with van der Waals surface area (Å²) in [4.78, 5) is 11.4. The van der Waals surface area contributed by atoms with E-state index in [9.17, 15) is 4.79 Å². The van der Waals surface area contributed by atoms with E-state index in [4.69, 9.17) is 8.94 Å². The van der Waals surface area contributed by atoms with Gasteiger partial charge in [-0.05, 0) is 19.1 Å². The van der Waals surface area contributed by atoms with Crippen molar-refractivity contribution in [1.29, 1.82) is 0 Å². The van der Waals surface area contributed by atoms with Crippen molar-refractivity contribution in [1.82, 2.24) is 10.5 Å². The second-order valence-corrected chi connectivity index (χ2v) is 3.21. The predicted octanol–water partition coefficient (Wildman–Crippen LogP) is 1.90. The van der Waals surface area contributed by atoms with Crippen molar-refractivity contribution >= 4 is 11.8 Å². The fourth-order valence-electron chi connectivity index (χ4n) is 1.17. The van der Waals surface area contributed by atoms with Crippen molar-refractivity contribution in [2.45, 2.75) is 13.5 Å². The average molecular weight is 221 g/mol. The molecule has 6 heteroatoms. The van der Waals surface area contributed by atoms with Gasteiger partial charge in [0, 0.05) is 6.07 Å². The lowest BCUT2D eigenvalue weighted by atomic mass is 10.4.